The maximum atomic E-state index is 10.8. The Morgan fingerprint density at radius 3 is 2.46 bits per heavy atom. The van der Waals surface area contributed by atoms with Crippen LogP contribution >= 0.6 is 0 Å². The first-order chi connectivity index (χ1) is 6.06. The number of carbonyl (C=O) groups excluding carboxylic acids is 1. The lowest BCUT2D eigenvalue weighted by Crippen LogP contribution is -2.14. The molecule has 0 fully saturated rings. The summed E-state index contributed by atoms with van der Waals surface area (Å²) in [6, 6.07) is 0. The SMILES string of the molecule is CC(C[O])COC(=O)CCC(=O)O. The Morgan fingerprint density at radius 2 is 2.00 bits per heavy atom. The number of hydrogen-bond donors (Lipinski definition) is 1. The van der Waals surface area contributed by atoms with E-state index in [-0.39, 0.29) is 32.0 Å². The Kier molecular flexibility index (Phi) is 5.88. The van der Waals surface area contributed by atoms with Crippen molar-refractivity contribution in [3.8, 4) is 0 Å². The van der Waals surface area contributed by atoms with Crippen molar-refractivity contribution in [3.05, 3.63) is 0 Å². The van der Waals surface area contributed by atoms with Gasteiger partial charge in [0.1, 0.15) is 0 Å². The van der Waals surface area contributed by atoms with Crippen LogP contribution in [0.3, 0.4) is 0 Å². The fourth-order valence-corrected chi connectivity index (χ4v) is 0.564. The molecule has 1 N–H and O–H groups in total. The van der Waals surface area contributed by atoms with Crippen molar-refractivity contribution in [2.45, 2.75) is 19.8 Å². The number of esters is 1. The van der Waals surface area contributed by atoms with E-state index >= 15 is 0 Å². The third-order valence-corrected chi connectivity index (χ3v) is 1.36. The average Bonchev–Trinajstić information content (AvgIpc) is 2.10. The molecule has 5 heteroatoms. The van der Waals surface area contributed by atoms with E-state index in [4.69, 9.17) is 5.11 Å². The normalized spacial score (nSPS) is 12.2. The van der Waals surface area contributed by atoms with Gasteiger partial charge in [-0.25, -0.2) is 5.11 Å². The number of carboxylic acid groups (broad SMARTS) is 1. The highest BCUT2D eigenvalue weighted by atomic mass is 16.5. The highest BCUT2D eigenvalue weighted by molar-refractivity contribution is 5.76. The van der Waals surface area contributed by atoms with Gasteiger partial charge in [0.25, 0.3) is 0 Å². The van der Waals surface area contributed by atoms with Crippen molar-refractivity contribution in [1.29, 1.82) is 0 Å². The van der Waals surface area contributed by atoms with E-state index in [1.165, 1.54) is 0 Å². The first-order valence-electron chi connectivity index (χ1n) is 4.01. The van der Waals surface area contributed by atoms with Crippen molar-refractivity contribution in [2.75, 3.05) is 13.2 Å². The number of carboxylic acids is 1. The Bertz CT molecular complexity index is 177. The van der Waals surface area contributed by atoms with Gasteiger partial charge in [-0.15, -0.1) is 0 Å². The third kappa shape index (κ3) is 7.27. The van der Waals surface area contributed by atoms with E-state index in [2.05, 4.69) is 4.74 Å². The molecule has 0 aromatic heterocycles. The Labute approximate surface area is 76.3 Å². The van der Waals surface area contributed by atoms with Crippen molar-refractivity contribution in [2.24, 2.45) is 5.92 Å². The molecule has 1 unspecified atom stereocenters. The second kappa shape index (κ2) is 6.42. The molecule has 1 radical (unpaired) electrons. The zero-order chi connectivity index (χ0) is 10.3. The molecule has 0 aliphatic carbocycles. The van der Waals surface area contributed by atoms with Crippen LogP contribution in [0.4, 0.5) is 0 Å². The molecular formula is C8H13O5. The van der Waals surface area contributed by atoms with Crippen molar-refractivity contribution in [1.82, 2.24) is 0 Å². The molecule has 0 saturated heterocycles. The number of aliphatic carboxylic acids is 1. The summed E-state index contributed by atoms with van der Waals surface area (Å²) in [6.07, 6.45) is -0.370. The lowest BCUT2D eigenvalue weighted by molar-refractivity contribution is -0.149. The fraction of sp³-hybridized carbons (Fsp3) is 0.750. The Balaban J connectivity index is 3.46. The molecule has 13 heavy (non-hydrogen) atoms. The summed E-state index contributed by atoms with van der Waals surface area (Å²) in [5.41, 5.74) is 0. The molecular weight excluding hydrogens is 176 g/mol. The molecule has 1 atom stereocenters. The summed E-state index contributed by atoms with van der Waals surface area (Å²) in [6.45, 7) is 1.44. The smallest absolute Gasteiger partial charge is 0.306 e. The van der Waals surface area contributed by atoms with Crippen LogP contribution in [0.5, 0.6) is 0 Å². The van der Waals surface area contributed by atoms with Crippen LogP contribution in [0.1, 0.15) is 19.8 Å². The second-order valence-electron chi connectivity index (χ2n) is 2.85. The predicted molar refractivity (Wildman–Crippen MR) is 42.5 cm³/mol. The standard InChI is InChI=1S/C8H13O5/c1-6(4-9)5-13-8(12)3-2-7(10)11/h6H,2-5H2,1H3,(H,10,11). The minimum absolute atomic E-state index is 0.0714. The molecule has 0 aromatic rings. The largest absolute Gasteiger partial charge is 0.481 e. The lowest BCUT2D eigenvalue weighted by atomic mass is 10.2. The summed E-state index contributed by atoms with van der Waals surface area (Å²) >= 11 is 0. The molecule has 0 rings (SSSR count). The summed E-state index contributed by atoms with van der Waals surface area (Å²) in [4.78, 5) is 20.8. The summed E-state index contributed by atoms with van der Waals surface area (Å²) in [5.74, 6) is -1.81. The van der Waals surface area contributed by atoms with Gasteiger partial charge in [-0.1, -0.05) is 6.92 Å². The molecule has 0 spiro atoms. The first-order valence-corrected chi connectivity index (χ1v) is 4.01. The maximum absolute atomic E-state index is 10.8. The fourth-order valence-electron chi connectivity index (χ4n) is 0.564. The van der Waals surface area contributed by atoms with E-state index in [9.17, 15) is 14.7 Å². The van der Waals surface area contributed by atoms with Crippen LogP contribution in [-0.4, -0.2) is 30.3 Å². The van der Waals surface area contributed by atoms with Crippen LogP contribution < -0.4 is 0 Å². The van der Waals surface area contributed by atoms with Gasteiger partial charge >= 0.3 is 11.9 Å². The van der Waals surface area contributed by atoms with Gasteiger partial charge < -0.3 is 9.84 Å². The summed E-state index contributed by atoms with van der Waals surface area (Å²) < 4.78 is 4.64. The van der Waals surface area contributed by atoms with Crippen LogP contribution in [0.25, 0.3) is 0 Å². The molecule has 0 aliphatic rings. The molecule has 0 amide bonds. The Hall–Kier alpha value is -1.10. The van der Waals surface area contributed by atoms with E-state index < -0.39 is 11.9 Å². The van der Waals surface area contributed by atoms with Gasteiger partial charge in [-0.2, -0.15) is 0 Å². The number of carbonyl (C=O) groups is 2. The van der Waals surface area contributed by atoms with E-state index in [1.54, 1.807) is 6.92 Å². The van der Waals surface area contributed by atoms with Gasteiger partial charge in [0.05, 0.1) is 26.1 Å². The lowest BCUT2D eigenvalue weighted by Gasteiger charge is -2.07. The van der Waals surface area contributed by atoms with Crippen LogP contribution in [0, 0.1) is 5.92 Å². The average molecular weight is 189 g/mol. The number of rotatable bonds is 6. The molecule has 75 valence electrons. The highest BCUT2D eigenvalue weighted by Gasteiger charge is 2.08. The molecule has 0 bridgehead atoms. The topological polar surface area (TPSA) is 83.5 Å². The number of ether oxygens (including phenoxy) is 1. The molecule has 0 saturated carbocycles. The van der Waals surface area contributed by atoms with E-state index in [0.29, 0.717) is 0 Å². The van der Waals surface area contributed by atoms with Crippen molar-refractivity contribution >= 4 is 11.9 Å². The second-order valence-corrected chi connectivity index (χ2v) is 2.85. The van der Waals surface area contributed by atoms with Crippen LogP contribution in [0.2, 0.25) is 0 Å². The van der Waals surface area contributed by atoms with Gasteiger partial charge in [-0.3, -0.25) is 9.59 Å². The minimum atomic E-state index is -1.03. The van der Waals surface area contributed by atoms with Crippen LogP contribution in [0.15, 0.2) is 0 Å². The van der Waals surface area contributed by atoms with Gasteiger partial charge in [0.15, 0.2) is 0 Å². The minimum Gasteiger partial charge on any atom is -0.481 e. The quantitative estimate of drug-likeness (QED) is 0.615. The zero-order valence-electron chi connectivity index (χ0n) is 7.49. The van der Waals surface area contributed by atoms with Crippen molar-refractivity contribution in [3.63, 3.8) is 0 Å². The first kappa shape index (κ1) is 11.9. The zero-order valence-corrected chi connectivity index (χ0v) is 7.49. The molecule has 0 aromatic carbocycles. The van der Waals surface area contributed by atoms with Crippen molar-refractivity contribution < 1.29 is 24.5 Å². The predicted octanol–water partition coefficient (Wildman–Crippen LogP) is 0.461. The highest BCUT2D eigenvalue weighted by Crippen LogP contribution is 1.98. The van der Waals surface area contributed by atoms with E-state index in [0.717, 1.165) is 0 Å². The van der Waals surface area contributed by atoms with Gasteiger partial charge in [-0.05, 0) is 0 Å². The van der Waals surface area contributed by atoms with Crippen LogP contribution in [-0.2, 0) is 19.4 Å². The van der Waals surface area contributed by atoms with Gasteiger partial charge in [0.2, 0.25) is 0 Å². The van der Waals surface area contributed by atoms with E-state index in [1.807, 2.05) is 0 Å². The molecule has 0 heterocycles. The number of hydrogen-bond acceptors (Lipinski definition) is 3. The van der Waals surface area contributed by atoms with Gasteiger partial charge in [0, 0.05) is 5.92 Å². The maximum Gasteiger partial charge on any atom is 0.306 e. The third-order valence-electron chi connectivity index (χ3n) is 1.36. The molecule has 0 aliphatic heterocycles. The summed E-state index contributed by atoms with van der Waals surface area (Å²) in [7, 11) is 0. The summed E-state index contributed by atoms with van der Waals surface area (Å²) in [5, 5.41) is 18.5. The molecule has 5 nitrogen and oxygen atoms in total. The Morgan fingerprint density at radius 1 is 1.38 bits per heavy atom. The monoisotopic (exact) mass is 189 g/mol.